The number of hydrogen-bond acceptors (Lipinski definition) is 4. The van der Waals surface area contributed by atoms with E-state index in [1.54, 1.807) is 6.07 Å². The second-order valence-corrected chi connectivity index (χ2v) is 4.09. The van der Waals surface area contributed by atoms with E-state index in [9.17, 15) is 8.42 Å². The molecule has 0 aromatic carbocycles. The van der Waals surface area contributed by atoms with Crippen molar-refractivity contribution in [2.75, 3.05) is 13.1 Å². The Bertz CT molecular complexity index is 241. The van der Waals surface area contributed by atoms with Gasteiger partial charge in [0.2, 0.25) is 10.0 Å². The minimum absolute atomic E-state index is 0.175. The van der Waals surface area contributed by atoms with Crippen LogP contribution in [0, 0.1) is 11.3 Å². The molecule has 11 heavy (non-hydrogen) atoms. The Morgan fingerprint density at radius 1 is 1.73 bits per heavy atom. The summed E-state index contributed by atoms with van der Waals surface area (Å²) < 4.78 is 24.0. The summed E-state index contributed by atoms with van der Waals surface area (Å²) in [5.74, 6) is 0. The number of rotatable bonds is 4. The Labute approximate surface area is 66.2 Å². The molecule has 0 saturated heterocycles. The average Bonchev–Trinajstić information content (AvgIpc) is 1.99. The van der Waals surface area contributed by atoms with Crippen molar-refractivity contribution in [3.05, 3.63) is 0 Å². The molecule has 0 heterocycles. The third-order valence-corrected chi connectivity index (χ3v) is 2.74. The molecule has 0 aliphatic carbocycles. The van der Waals surface area contributed by atoms with E-state index in [4.69, 9.17) is 11.0 Å². The number of nitriles is 1. The lowest BCUT2D eigenvalue weighted by atomic mass is 10.5. The molecule has 0 aliphatic heterocycles. The van der Waals surface area contributed by atoms with Crippen LogP contribution >= 0.6 is 0 Å². The predicted octanol–water partition coefficient (Wildman–Crippen LogP) is -1.22. The fourth-order valence-electron chi connectivity index (χ4n) is 0.396. The first-order valence-electron chi connectivity index (χ1n) is 3.12. The van der Waals surface area contributed by atoms with Gasteiger partial charge in [-0.15, -0.1) is 0 Å². The Morgan fingerprint density at radius 2 is 2.27 bits per heavy atom. The first-order chi connectivity index (χ1) is 5.04. The van der Waals surface area contributed by atoms with Crippen LogP contribution in [0.1, 0.15) is 6.92 Å². The van der Waals surface area contributed by atoms with Gasteiger partial charge in [0.1, 0.15) is 0 Å². The maximum atomic E-state index is 10.9. The van der Waals surface area contributed by atoms with Crippen LogP contribution in [0.3, 0.4) is 0 Å². The molecule has 5 nitrogen and oxygen atoms in total. The van der Waals surface area contributed by atoms with Crippen molar-refractivity contribution >= 4 is 10.0 Å². The van der Waals surface area contributed by atoms with Gasteiger partial charge in [-0.05, 0) is 6.92 Å². The van der Waals surface area contributed by atoms with Gasteiger partial charge in [0.15, 0.2) is 5.25 Å². The van der Waals surface area contributed by atoms with Crippen LogP contribution in [0.2, 0.25) is 0 Å². The number of nitrogens with one attached hydrogen (secondary N) is 1. The molecule has 0 bridgehead atoms. The van der Waals surface area contributed by atoms with Crippen molar-refractivity contribution in [1.29, 1.82) is 5.26 Å². The van der Waals surface area contributed by atoms with Crippen LogP contribution in [-0.2, 0) is 10.0 Å². The summed E-state index contributed by atoms with van der Waals surface area (Å²) in [6, 6.07) is 1.62. The van der Waals surface area contributed by atoms with E-state index in [0.29, 0.717) is 0 Å². The van der Waals surface area contributed by atoms with Gasteiger partial charge in [0.25, 0.3) is 0 Å². The Hall–Kier alpha value is -0.640. The summed E-state index contributed by atoms with van der Waals surface area (Å²) >= 11 is 0. The maximum Gasteiger partial charge on any atom is 0.227 e. The summed E-state index contributed by atoms with van der Waals surface area (Å²) in [4.78, 5) is 0. The molecule has 64 valence electrons. The van der Waals surface area contributed by atoms with Crippen molar-refractivity contribution in [3.8, 4) is 6.07 Å². The van der Waals surface area contributed by atoms with Crippen molar-refractivity contribution in [1.82, 2.24) is 4.72 Å². The normalized spacial score (nSPS) is 13.9. The lowest BCUT2D eigenvalue weighted by Gasteiger charge is -2.05. The lowest BCUT2D eigenvalue weighted by molar-refractivity contribution is 0.578. The van der Waals surface area contributed by atoms with Crippen molar-refractivity contribution < 1.29 is 8.42 Å². The van der Waals surface area contributed by atoms with Crippen LogP contribution in [0.5, 0.6) is 0 Å². The third-order valence-electron chi connectivity index (χ3n) is 1.09. The van der Waals surface area contributed by atoms with E-state index in [2.05, 4.69) is 4.72 Å². The Morgan fingerprint density at radius 3 is 2.64 bits per heavy atom. The molecule has 6 heteroatoms. The smallest absolute Gasteiger partial charge is 0.227 e. The summed E-state index contributed by atoms with van der Waals surface area (Å²) in [5, 5.41) is 7.25. The van der Waals surface area contributed by atoms with Crippen molar-refractivity contribution in [2.24, 2.45) is 5.73 Å². The zero-order valence-electron chi connectivity index (χ0n) is 6.24. The zero-order valence-corrected chi connectivity index (χ0v) is 7.06. The molecule has 1 unspecified atom stereocenters. The highest BCUT2D eigenvalue weighted by molar-refractivity contribution is 7.90. The standard InChI is InChI=1S/C5H11N3O2S/c1-5(4-7)11(9,10)8-3-2-6/h5,8H,2-3,6H2,1H3. The molecular weight excluding hydrogens is 166 g/mol. The highest BCUT2D eigenvalue weighted by Gasteiger charge is 2.18. The van der Waals surface area contributed by atoms with E-state index in [1.807, 2.05) is 0 Å². The average molecular weight is 177 g/mol. The molecule has 0 amide bonds. The fraction of sp³-hybridized carbons (Fsp3) is 0.800. The first-order valence-corrected chi connectivity index (χ1v) is 4.67. The molecule has 1 atom stereocenters. The van der Waals surface area contributed by atoms with Crippen molar-refractivity contribution in [3.63, 3.8) is 0 Å². The lowest BCUT2D eigenvalue weighted by Crippen LogP contribution is -2.35. The maximum absolute atomic E-state index is 10.9. The minimum atomic E-state index is -3.46. The summed E-state index contributed by atoms with van der Waals surface area (Å²) in [5.41, 5.74) is 5.07. The molecule has 0 saturated carbocycles. The monoisotopic (exact) mass is 177 g/mol. The van der Waals surface area contributed by atoms with E-state index in [-0.39, 0.29) is 13.1 Å². The van der Waals surface area contributed by atoms with Gasteiger partial charge >= 0.3 is 0 Å². The Kier molecular flexibility index (Phi) is 4.03. The molecule has 0 radical (unpaired) electrons. The molecular formula is C5H11N3O2S. The van der Waals surface area contributed by atoms with Crippen molar-refractivity contribution in [2.45, 2.75) is 12.2 Å². The van der Waals surface area contributed by atoms with Gasteiger partial charge in [0.05, 0.1) is 6.07 Å². The molecule has 0 fully saturated rings. The van der Waals surface area contributed by atoms with Crippen LogP contribution in [0.15, 0.2) is 0 Å². The highest BCUT2D eigenvalue weighted by Crippen LogP contribution is 1.94. The van der Waals surface area contributed by atoms with Gasteiger partial charge < -0.3 is 5.73 Å². The highest BCUT2D eigenvalue weighted by atomic mass is 32.2. The number of nitrogens with zero attached hydrogens (tertiary/aromatic N) is 1. The second kappa shape index (κ2) is 4.28. The van der Waals surface area contributed by atoms with Gasteiger partial charge in [-0.1, -0.05) is 0 Å². The zero-order chi connectivity index (χ0) is 8.91. The molecule has 0 rings (SSSR count). The van der Waals surface area contributed by atoms with Gasteiger partial charge in [0, 0.05) is 13.1 Å². The predicted molar refractivity (Wildman–Crippen MR) is 41.1 cm³/mol. The van der Waals surface area contributed by atoms with Crippen LogP contribution in [0.4, 0.5) is 0 Å². The number of nitrogens with two attached hydrogens (primary N) is 1. The van der Waals surface area contributed by atoms with E-state index in [1.165, 1.54) is 6.92 Å². The van der Waals surface area contributed by atoms with E-state index in [0.717, 1.165) is 0 Å². The summed E-state index contributed by atoms with van der Waals surface area (Å²) in [6.45, 7) is 1.73. The quantitative estimate of drug-likeness (QED) is 0.562. The second-order valence-electron chi connectivity index (χ2n) is 2.00. The van der Waals surface area contributed by atoms with Gasteiger partial charge in [-0.3, -0.25) is 0 Å². The van der Waals surface area contributed by atoms with Crippen LogP contribution < -0.4 is 10.5 Å². The number of hydrogen-bond donors (Lipinski definition) is 2. The Balaban J connectivity index is 4.15. The van der Waals surface area contributed by atoms with Gasteiger partial charge in [-0.25, -0.2) is 13.1 Å². The molecule has 0 aromatic heterocycles. The molecule has 0 spiro atoms. The SMILES string of the molecule is CC(C#N)S(=O)(=O)NCCN. The van der Waals surface area contributed by atoms with Crippen LogP contribution in [-0.4, -0.2) is 26.8 Å². The molecule has 3 N–H and O–H groups in total. The van der Waals surface area contributed by atoms with E-state index < -0.39 is 15.3 Å². The first kappa shape index (κ1) is 10.4. The number of sulfonamides is 1. The summed E-state index contributed by atoms with van der Waals surface area (Å²) in [7, 11) is -3.46. The van der Waals surface area contributed by atoms with Crippen LogP contribution in [0.25, 0.3) is 0 Å². The minimum Gasteiger partial charge on any atom is -0.329 e. The molecule has 0 aliphatic rings. The fourth-order valence-corrected chi connectivity index (χ4v) is 1.19. The van der Waals surface area contributed by atoms with Gasteiger partial charge in [-0.2, -0.15) is 5.26 Å². The molecule has 0 aromatic rings. The topological polar surface area (TPSA) is 96.0 Å². The summed E-state index contributed by atoms with van der Waals surface area (Å²) in [6.07, 6.45) is 0. The third kappa shape index (κ3) is 3.32. The largest absolute Gasteiger partial charge is 0.329 e. The van der Waals surface area contributed by atoms with E-state index >= 15 is 0 Å².